The van der Waals surface area contributed by atoms with E-state index in [0.717, 1.165) is 67.8 Å². The molecule has 2 aliphatic carbocycles. The Morgan fingerprint density at radius 2 is 1.63 bits per heavy atom. The number of aliphatic hydroxyl groups is 1. The summed E-state index contributed by atoms with van der Waals surface area (Å²) in [5.74, 6) is -3.14. The number of β-lactam (4-membered cyclic amide) rings is 1. The quantitative estimate of drug-likeness (QED) is 0.112. The van der Waals surface area contributed by atoms with Gasteiger partial charge in [-0.3, -0.25) is 19.3 Å². The summed E-state index contributed by atoms with van der Waals surface area (Å²) >= 11 is 2.96. The fraction of sp³-hybridized carbons (Fsp3) is 0.658. The molecule has 8 atom stereocenters. The third kappa shape index (κ3) is 8.41. The number of hydrogen-bond acceptors (Lipinski definition) is 10. The van der Waals surface area contributed by atoms with Crippen molar-refractivity contribution < 1.29 is 39.3 Å². The Hall–Kier alpha value is -2.91. The monoisotopic (exact) mass is 758 g/mol. The van der Waals surface area contributed by atoms with Crippen LogP contribution < -0.4 is 5.32 Å². The summed E-state index contributed by atoms with van der Waals surface area (Å²) in [5.41, 5.74) is 1.08. The second-order valence-electron chi connectivity index (χ2n) is 15.3. The number of Topliss-reactive ketones (excluding diaryl/α,β-unsaturated/α-hetero) is 1. The van der Waals surface area contributed by atoms with Crippen molar-refractivity contribution in [1.29, 1.82) is 0 Å². The zero-order valence-electron chi connectivity index (χ0n) is 30.8. The number of aliphatic hydroxyl groups excluding tert-OH is 1. The molecule has 14 heteroatoms. The predicted molar refractivity (Wildman–Crippen MR) is 202 cm³/mol. The Morgan fingerprint density at radius 1 is 1.00 bits per heavy atom. The molecule has 0 radical (unpaired) electrons. The van der Waals surface area contributed by atoms with Crippen LogP contribution in [-0.4, -0.2) is 127 Å². The highest BCUT2D eigenvalue weighted by atomic mass is 32.2. The van der Waals surface area contributed by atoms with Gasteiger partial charge in [-0.25, -0.2) is 9.59 Å². The van der Waals surface area contributed by atoms with E-state index in [1.165, 1.54) is 28.4 Å². The van der Waals surface area contributed by atoms with Crippen LogP contribution in [0.5, 0.6) is 0 Å². The van der Waals surface area contributed by atoms with Gasteiger partial charge in [0.15, 0.2) is 0 Å². The standard InChI is InChI=1S/C38H54N4O8S2/c1-22(43)26-24-21-25(28(36(47)48)27(24)31(26)44)51-20-19-40(4)17-13-8-6-7-9-14-18-41(5)30(23-15-11-10-12-16-23)33(45)39-29-34(46)42-32(37(49)50)38(2,3)52-35(29)42/h10-12,15-16,22,24,26-27,29-30,32,35,43H,6-9,13-14,17-21H2,1-5H3,(H,39,45)(H,47,48)(H,49,50)/t22-,24?,26-,27?,29+,30+,32-,35?/m1/s1. The molecule has 12 nitrogen and oxygen atoms in total. The fourth-order valence-electron chi connectivity index (χ4n) is 8.44. The van der Waals surface area contributed by atoms with Gasteiger partial charge in [0, 0.05) is 23.0 Å². The van der Waals surface area contributed by atoms with E-state index < -0.39 is 58.1 Å². The SMILES string of the molecule is C[C@@H](O)[C@H]1C(=O)C2C(C(=O)O)=C(SCCN(C)CCCCCCCCN(C)[C@H](C(=O)N[C@H]3C(=O)N4C3SC(C)(C)[C@H]4C(=O)O)c3ccccc3)CC21. The highest BCUT2D eigenvalue weighted by molar-refractivity contribution is 8.03. The number of carboxylic acids is 2. The van der Waals surface area contributed by atoms with E-state index >= 15 is 0 Å². The van der Waals surface area contributed by atoms with Crippen LogP contribution in [0.3, 0.4) is 0 Å². The molecule has 5 rings (SSSR count). The molecule has 286 valence electrons. The maximum Gasteiger partial charge on any atom is 0.333 e. The van der Waals surface area contributed by atoms with Gasteiger partial charge in [-0.05, 0) is 83.6 Å². The lowest BCUT2D eigenvalue weighted by Crippen LogP contribution is -2.71. The highest BCUT2D eigenvalue weighted by Crippen LogP contribution is 2.55. The minimum atomic E-state index is -1.03. The average Bonchev–Trinajstić information content (AvgIpc) is 3.54. The normalized spacial score (nSPS) is 27.3. The molecule has 2 heterocycles. The summed E-state index contributed by atoms with van der Waals surface area (Å²) in [6, 6.07) is 7.27. The number of fused-ring (bicyclic) bond motifs is 2. The van der Waals surface area contributed by atoms with Crippen molar-refractivity contribution in [3.63, 3.8) is 0 Å². The Morgan fingerprint density at radius 3 is 2.25 bits per heavy atom. The van der Waals surface area contributed by atoms with Crippen LogP contribution in [0.2, 0.25) is 0 Å². The highest BCUT2D eigenvalue weighted by Gasteiger charge is 2.64. The lowest BCUT2D eigenvalue weighted by atomic mass is 9.61. The van der Waals surface area contributed by atoms with E-state index in [1.807, 2.05) is 56.1 Å². The van der Waals surface area contributed by atoms with Gasteiger partial charge in [0.2, 0.25) is 11.8 Å². The van der Waals surface area contributed by atoms with Crippen LogP contribution in [0.1, 0.15) is 77.3 Å². The van der Waals surface area contributed by atoms with Crippen molar-refractivity contribution >= 4 is 53.1 Å². The first-order chi connectivity index (χ1) is 24.7. The smallest absolute Gasteiger partial charge is 0.333 e. The summed E-state index contributed by atoms with van der Waals surface area (Å²) in [6.07, 6.45) is 6.13. The van der Waals surface area contributed by atoms with Crippen LogP contribution in [0.15, 0.2) is 40.8 Å². The number of ketones is 1. The van der Waals surface area contributed by atoms with Crippen molar-refractivity contribution in [2.45, 2.75) is 100 Å². The number of rotatable bonds is 20. The summed E-state index contributed by atoms with van der Waals surface area (Å²) in [5, 5.41) is 32.0. The van der Waals surface area contributed by atoms with Gasteiger partial charge >= 0.3 is 11.9 Å². The summed E-state index contributed by atoms with van der Waals surface area (Å²) in [6.45, 7) is 7.72. The van der Waals surface area contributed by atoms with Crippen molar-refractivity contribution in [3.05, 3.63) is 46.4 Å². The third-order valence-electron chi connectivity index (χ3n) is 11.1. The van der Waals surface area contributed by atoms with E-state index in [-0.39, 0.29) is 29.1 Å². The van der Waals surface area contributed by atoms with Crippen LogP contribution in [0, 0.1) is 17.8 Å². The van der Waals surface area contributed by atoms with Gasteiger partial charge in [-0.1, -0.05) is 56.0 Å². The number of amides is 2. The molecule has 0 spiro atoms. The van der Waals surface area contributed by atoms with E-state index in [4.69, 9.17) is 0 Å². The average molecular weight is 759 g/mol. The molecule has 1 saturated carbocycles. The first-order valence-electron chi connectivity index (χ1n) is 18.4. The Bertz CT molecular complexity index is 1540. The van der Waals surface area contributed by atoms with Crippen LogP contribution >= 0.6 is 23.5 Å². The molecule has 1 aromatic carbocycles. The van der Waals surface area contributed by atoms with E-state index in [1.54, 1.807) is 6.92 Å². The number of benzene rings is 1. The molecule has 0 bridgehead atoms. The van der Waals surface area contributed by atoms with Gasteiger partial charge in [-0.15, -0.1) is 23.5 Å². The van der Waals surface area contributed by atoms with Crippen molar-refractivity contribution in [2.75, 3.05) is 39.5 Å². The molecule has 3 unspecified atom stereocenters. The van der Waals surface area contributed by atoms with Crippen molar-refractivity contribution in [3.8, 4) is 0 Å². The lowest BCUT2D eigenvalue weighted by molar-refractivity contribution is -0.161. The van der Waals surface area contributed by atoms with Crippen molar-refractivity contribution in [1.82, 2.24) is 20.0 Å². The number of carbonyl (C=O) groups excluding carboxylic acids is 3. The number of carbonyl (C=O) groups is 5. The number of thioether (sulfide) groups is 2. The minimum absolute atomic E-state index is 0.0877. The Kier molecular flexibility index (Phi) is 13.2. The molecular formula is C38H54N4O8S2. The number of nitrogens with one attached hydrogen (secondary N) is 1. The van der Waals surface area contributed by atoms with Gasteiger partial charge in [-0.2, -0.15) is 0 Å². The molecule has 3 fully saturated rings. The van der Waals surface area contributed by atoms with Crippen LogP contribution in [0.25, 0.3) is 0 Å². The van der Waals surface area contributed by atoms with Gasteiger partial charge < -0.3 is 30.4 Å². The lowest BCUT2D eigenvalue weighted by Gasteiger charge is -2.44. The van der Waals surface area contributed by atoms with Crippen LogP contribution in [0.4, 0.5) is 0 Å². The first kappa shape index (κ1) is 40.3. The summed E-state index contributed by atoms with van der Waals surface area (Å²) in [7, 11) is 4.00. The molecule has 4 N–H and O–H groups in total. The molecule has 0 aromatic heterocycles. The molecule has 2 aliphatic heterocycles. The van der Waals surface area contributed by atoms with Crippen LogP contribution in [-0.2, 0) is 24.0 Å². The second-order valence-corrected chi connectivity index (χ2v) is 18.3. The van der Waals surface area contributed by atoms with E-state index in [9.17, 15) is 39.3 Å². The maximum absolute atomic E-state index is 13.7. The van der Waals surface area contributed by atoms with Gasteiger partial charge in [0.1, 0.15) is 29.3 Å². The van der Waals surface area contributed by atoms with Crippen molar-refractivity contribution in [2.24, 2.45) is 17.8 Å². The maximum atomic E-state index is 13.7. The molecule has 2 saturated heterocycles. The predicted octanol–water partition coefficient (Wildman–Crippen LogP) is 3.85. The Labute approximate surface area is 315 Å². The zero-order chi connectivity index (χ0) is 37.9. The fourth-order valence-corrected chi connectivity index (χ4v) is 11.4. The number of aliphatic carboxylic acids is 2. The number of nitrogens with zero attached hydrogens (tertiary/aromatic N) is 3. The molecule has 52 heavy (non-hydrogen) atoms. The van der Waals surface area contributed by atoms with E-state index in [0.29, 0.717) is 13.0 Å². The molecule has 2 amide bonds. The number of hydrogen-bond donors (Lipinski definition) is 4. The molecular weight excluding hydrogens is 705 g/mol. The zero-order valence-corrected chi connectivity index (χ0v) is 32.5. The summed E-state index contributed by atoms with van der Waals surface area (Å²) in [4.78, 5) is 69.5. The first-order valence-corrected chi connectivity index (χ1v) is 20.3. The van der Waals surface area contributed by atoms with Gasteiger partial charge in [0.25, 0.3) is 0 Å². The minimum Gasteiger partial charge on any atom is -0.480 e. The second kappa shape index (κ2) is 17.0. The largest absolute Gasteiger partial charge is 0.480 e. The third-order valence-corrected chi connectivity index (χ3v) is 13.8. The number of carboxylic acid groups (broad SMARTS) is 2. The summed E-state index contributed by atoms with van der Waals surface area (Å²) < 4.78 is -0.658. The number of allylic oxidation sites excluding steroid dienone is 1. The topological polar surface area (TPSA) is 168 Å². The molecule has 4 aliphatic rings. The Balaban J connectivity index is 0.989. The van der Waals surface area contributed by atoms with E-state index in [2.05, 4.69) is 17.3 Å². The number of likely N-dealkylation sites (N-methyl/N-ethyl adjacent to an activating group) is 1. The number of unbranched alkanes of at least 4 members (excludes halogenated alkanes) is 5. The van der Waals surface area contributed by atoms with Gasteiger partial charge in [0.05, 0.1) is 17.6 Å². The molecule has 1 aromatic rings.